The maximum Gasteiger partial charge on any atom is 0.248 e. The van der Waals surface area contributed by atoms with Crippen LogP contribution >= 0.6 is 0 Å². The zero-order valence-electron chi connectivity index (χ0n) is 32.3. The fraction of sp³-hybridized carbons (Fsp3) is 0.400. The van der Waals surface area contributed by atoms with E-state index < -0.39 is 77.8 Å². The number of aliphatic hydroxyl groups excluding tert-OH is 1. The van der Waals surface area contributed by atoms with Crippen molar-refractivity contribution in [1.29, 1.82) is 0 Å². The van der Waals surface area contributed by atoms with E-state index >= 15 is 0 Å². The van der Waals surface area contributed by atoms with E-state index in [0.717, 1.165) is 9.80 Å². The average molecular weight is 773 g/mol. The first kappa shape index (κ1) is 41.0. The number of hydrogen-bond acceptors (Lipinski definition) is 10. The first-order valence-corrected chi connectivity index (χ1v) is 18.1. The lowest BCUT2D eigenvalue weighted by molar-refractivity contribution is -0.153. The number of fused-ring (bicyclic) bond motifs is 2. The van der Waals surface area contributed by atoms with Gasteiger partial charge in [0.1, 0.15) is 53.9 Å². The summed E-state index contributed by atoms with van der Waals surface area (Å²) in [7, 11) is 5.57. The summed E-state index contributed by atoms with van der Waals surface area (Å²) in [6, 6.07) is 9.63. The van der Waals surface area contributed by atoms with E-state index in [-0.39, 0.29) is 29.9 Å². The Labute approximate surface area is 324 Å². The van der Waals surface area contributed by atoms with Gasteiger partial charge in [-0.05, 0) is 73.9 Å². The van der Waals surface area contributed by atoms with Gasteiger partial charge in [0.25, 0.3) is 0 Å². The molecule has 0 radical (unpaired) electrons. The monoisotopic (exact) mass is 772 g/mol. The molecule has 0 unspecified atom stereocenters. The molecule has 0 aliphatic carbocycles. The number of ether oxygens (including phenoxy) is 2. The third-order valence-corrected chi connectivity index (χ3v) is 10.3. The van der Waals surface area contributed by atoms with Crippen molar-refractivity contribution in [2.75, 3.05) is 28.3 Å². The molecule has 6 amide bonds. The quantitative estimate of drug-likeness (QED) is 0.256. The number of benzene rings is 3. The molecule has 3 aromatic rings. The molecule has 0 aromatic heterocycles. The van der Waals surface area contributed by atoms with Crippen molar-refractivity contribution in [1.82, 2.24) is 30.7 Å². The lowest BCUT2D eigenvalue weighted by atomic mass is 9.96. The van der Waals surface area contributed by atoms with Crippen molar-refractivity contribution >= 4 is 35.4 Å². The zero-order valence-corrected chi connectivity index (χ0v) is 32.3. The van der Waals surface area contributed by atoms with Gasteiger partial charge in [0.15, 0.2) is 11.5 Å². The van der Waals surface area contributed by atoms with Gasteiger partial charge in [-0.3, -0.25) is 28.8 Å². The average Bonchev–Trinajstić information content (AvgIpc) is 3.18. The highest BCUT2D eigenvalue weighted by Gasteiger charge is 2.42. The number of nitrogens with zero attached hydrogens (tertiary/aromatic N) is 3. The Hall–Kier alpha value is -6.16. The summed E-state index contributed by atoms with van der Waals surface area (Å²) in [6.07, 6.45) is -1.76. The number of aliphatic hydroxyl groups is 1. The lowest BCUT2D eigenvalue weighted by Crippen LogP contribution is -2.62. The number of phenolic OH excluding ortho intramolecular Hbond substituents is 1. The highest BCUT2D eigenvalue weighted by molar-refractivity contribution is 5.98. The number of methoxy groups -OCH3 is 1. The molecule has 0 spiro atoms. The number of rotatable bonds is 3. The molecule has 16 nitrogen and oxygen atoms in total. The van der Waals surface area contributed by atoms with Crippen molar-refractivity contribution in [2.45, 2.75) is 76.0 Å². The third kappa shape index (κ3) is 8.86. The summed E-state index contributed by atoms with van der Waals surface area (Å²) in [5.41, 5.74) is 1.36. The van der Waals surface area contributed by atoms with Crippen LogP contribution in [0.5, 0.6) is 23.0 Å². The van der Waals surface area contributed by atoms with E-state index in [2.05, 4.69) is 16.0 Å². The number of hydrogen-bond donors (Lipinski definition) is 5. The van der Waals surface area contributed by atoms with Gasteiger partial charge in [-0.15, -0.1) is 0 Å². The van der Waals surface area contributed by atoms with Crippen LogP contribution in [-0.4, -0.2) is 125 Å². The van der Waals surface area contributed by atoms with E-state index in [4.69, 9.17) is 9.47 Å². The van der Waals surface area contributed by atoms with Crippen LogP contribution in [0.2, 0.25) is 0 Å². The summed E-state index contributed by atoms with van der Waals surface area (Å²) < 4.78 is 11.2. The standard InChI is InChI=1S/C40H48N6O10/c1-21-35(49)42-22(2)38(52)44(4)29(18-24-8-13-27(55-7)14-9-24)37(51)43-23(3)39(53)46(6)33-34(48)26-11-15-28(16-12-26)56-32-20-25(10-17-31(32)47)19-30(36(50)41-21)45(5)40(33)54/h8-17,20-23,29-30,33-34,47-48H,18-19H2,1-7H3,(H,41,50)(H,42,49)(H,43,51)/t21-,22+,23+,29-,30-,33-,34+/m0/s1. The molecule has 16 heteroatoms. The van der Waals surface area contributed by atoms with E-state index in [1.54, 1.807) is 30.3 Å². The molecular weight excluding hydrogens is 724 g/mol. The van der Waals surface area contributed by atoms with Gasteiger partial charge < -0.3 is 50.3 Å². The Morgan fingerprint density at radius 3 is 1.93 bits per heavy atom. The Balaban J connectivity index is 1.60. The molecule has 1 saturated heterocycles. The first-order valence-electron chi connectivity index (χ1n) is 18.1. The molecule has 3 aliphatic heterocycles. The lowest BCUT2D eigenvalue weighted by Gasteiger charge is -2.38. The molecule has 298 valence electrons. The number of aromatic hydroxyl groups is 1. The number of nitrogens with one attached hydrogen (secondary N) is 3. The van der Waals surface area contributed by atoms with Crippen LogP contribution in [0.3, 0.4) is 0 Å². The van der Waals surface area contributed by atoms with E-state index in [1.807, 2.05) is 0 Å². The number of likely N-dealkylation sites (N-methyl/N-ethyl adjacent to an activating group) is 3. The van der Waals surface area contributed by atoms with Gasteiger partial charge in [-0.1, -0.05) is 30.3 Å². The van der Waals surface area contributed by atoms with Gasteiger partial charge >= 0.3 is 0 Å². The Bertz CT molecular complexity index is 1970. The minimum absolute atomic E-state index is 0.0240. The van der Waals surface area contributed by atoms with Gasteiger partial charge in [-0.25, -0.2) is 0 Å². The number of carbonyl (C=O) groups excluding carboxylic acids is 6. The van der Waals surface area contributed by atoms with Gasteiger partial charge in [0.2, 0.25) is 35.4 Å². The predicted molar refractivity (Wildman–Crippen MR) is 202 cm³/mol. The molecule has 3 heterocycles. The molecule has 3 aliphatic rings. The molecular formula is C40H48N6O10. The van der Waals surface area contributed by atoms with Crippen LogP contribution in [0.25, 0.3) is 0 Å². The molecule has 1 fully saturated rings. The molecule has 6 bridgehead atoms. The Kier molecular flexibility index (Phi) is 12.5. The van der Waals surface area contributed by atoms with Crippen molar-refractivity contribution < 1.29 is 48.5 Å². The summed E-state index contributed by atoms with van der Waals surface area (Å²) in [6.45, 7) is 4.27. The fourth-order valence-corrected chi connectivity index (χ4v) is 6.75. The molecule has 6 rings (SSSR count). The molecule has 7 atom stereocenters. The van der Waals surface area contributed by atoms with Crippen molar-refractivity contribution in [3.8, 4) is 23.0 Å². The van der Waals surface area contributed by atoms with Gasteiger partial charge in [0, 0.05) is 34.0 Å². The van der Waals surface area contributed by atoms with Crippen LogP contribution in [0.1, 0.15) is 43.6 Å². The SMILES string of the molecule is COc1ccc(C[C@H]2C(=O)N[C@H](C)C(=O)N(C)[C@@H]3C(=O)N(C)[C@@H](Cc4ccc(O)c(c4)Oc4ccc(cc4)[C@H]3O)C(=O)N[C@@H](C)C(=O)N[C@H](C)C(=O)N2C)cc1. The number of amides is 6. The molecule has 56 heavy (non-hydrogen) atoms. The number of phenols is 1. The van der Waals surface area contributed by atoms with Crippen LogP contribution < -0.4 is 25.4 Å². The second kappa shape index (κ2) is 17.1. The molecule has 5 N–H and O–H groups in total. The van der Waals surface area contributed by atoms with Crippen LogP contribution in [0.15, 0.2) is 66.7 Å². The van der Waals surface area contributed by atoms with Crippen molar-refractivity contribution in [2.24, 2.45) is 0 Å². The van der Waals surface area contributed by atoms with Crippen LogP contribution in [0.4, 0.5) is 0 Å². The summed E-state index contributed by atoms with van der Waals surface area (Å²) >= 11 is 0. The summed E-state index contributed by atoms with van der Waals surface area (Å²) in [4.78, 5) is 87.5. The van der Waals surface area contributed by atoms with Gasteiger partial charge in [0.05, 0.1) is 7.11 Å². The minimum atomic E-state index is -1.64. The maximum absolute atomic E-state index is 14.6. The second-order valence-electron chi connectivity index (χ2n) is 14.2. The summed E-state index contributed by atoms with van der Waals surface area (Å²) in [5.74, 6) is -3.58. The smallest absolute Gasteiger partial charge is 0.248 e. The van der Waals surface area contributed by atoms with E-state index in [0.29, 0.717) is 22.6 Å². The van der Waals surface area contributed by atoms with Crippen LogP contribution in [0, 0.1) is 0 Å². The predicted octanol–water partition coefficient (Wildman–Crippen LogP) is 1.03. The zero-order chi connectivity index (χ0) is 41.0. The first-order chi connectivity index (χ1) is 26.5. The normalized spacial score (nSPS) is 25.7. The Morgan fingerprint density at radius 2 is 1.30 bits per heavy atom. The highest BCUT2D eigenvalue weighted by Crippen LogP contribution is 2.34. The van der Waals surface area contributed by atoms with Gasteiger partial charge in [-0.2, -0.15) is 0 Å². The number of carbonyl (C=O) groups is 6. The fourth-order valence-electron chi connectivity index (χ4n) is 6.75. The second-order valence-corrected chi connectivity index (χ2v) is 14.2. The topological polar surface area (TPSA) is 207 Å². The summed E-state index contributed by atoms with van der Waals surface area (Å²) in [5, 5.41) is 30.3. The maximum atomic E-state index is 14.6. The van der Waals surface area contributed by atoms with Crippen molar-refractivity contribution in [3.05, 3.63) is 83.4 Å². The highest BCUT2D eigenvalue weighted by atomic mass is 16.5. The largest absolute Gasteiger partial charge is 0.504 e. The van der Waals surface area contributed by atoms with Crippen LogP contribution in [-0.2, 0) is 41.6 Å². The minimum Gasteiger partial charge on any atom is -0.504 e. The van der Waals surface area contributed by atoms with E-state index in [1.165, 1.54) is 90.3 Å². The Morgan fingerprint density at radius 1 is 0.714 bits per heavy atom. The third-order valence-electron chi connectivity index (χ3n) is 10.3. The molecule has 3 aromatic carbocycles. The van der Waals surface area contributed by atoms with E-state index in [9.17, 15) is 39.0 Å². The van der Waals surface area contributed by atoms with Crippen molar-refractivity contribution in [3.63, 3.8) is 0 Å². The molecule has 0 saturated carbocycles.